The maximum atomic E-state index is 13.9. The summed E-state index contributed by atoms with van der Waals surface area (Å²) in [5.74, 6) is -2.71. The molecule has 0 saturated heterocycles. The monoisotopic (exact) mass is 447 g/mol. The molecule has 5 N–H and O–H groups in total. The number of carbonyl (C=O) groups excluding carboxylic acids is 2. The molecule has 0 aliphatic carbocycles. The number of nitrogen functional groups attached to an aromatic ring is 1. The number of halogens is 2. The number of H-pyrrole nitrogens is 1. The first-order valence-electron chi connectivity index (χ1n) is 9.23. The number of aromatic amines is 1. The average molecular weight is 447 g/mol. The van der Waals surface area contributed by atoms with Crippen LogP contribution in [0.5, 0.6) is 0 Å². The number of aromatic nitrogens is 2. The van der Waals surface area contributed by atoms with Crippen molar-refractivity contribution in [2.45, 2.75) is 0 Å². The molecule has 0 aliphatic heterocycles. The third kappa shape index (κ3) is 5.38. The van der Waals surface area contributed by atoms with E-state index in [0.29, 0.717) is 17.9 Å². The highest BCUT2D eigenvalue weighted by Crippen LogP contribution is 2.30. The van der Waals surface area contributed by atoms with Gasteiger partial charge >= 0.3 is 0 Å². The minimum atomic E-state index is -0.972. The van der Waals surface area contributed by atoms with E-state index in [1.54, 1.807) is 12.1 Å². The number of benzene rings is 1. The summed E-state index contributed by atoms with van der Waals surface area (Å²) in [6.45, 7) is 1.24. The van der Waals surface area contributed by atoms with Crippen LogP contribution in [0.3, 0.4) is 0 Å². The van der Waals surface area contributed by atoms with Crippen LogP contribution in [0.2, 0.25) is 0 Å². The highest BCUT2D eigenvalue weighted by atomic mass is 32.1. The van der Waals surface area contributed by atoms with Crippen molar-refractivity contribution >= 4 is 39.8 Å². The smallest absolute Gasteiger partial charge is 0.279 e. The lowest BCUT2D eigenvalue weighted by molar-refractivity contribution is -0.360. The summed E-state index contributed by atoms with van der Waals surface area (Å²) in [4.78, 5) is 33.5. The van der Waals surface area contributed by atoms with Crippen molar-refractivity contribution in [3.05, 3.63) is 64.2 Å². The molecule has 0 saturated carbocycles. The molecule has 31 heavy (non-hydrogen) atoms. The van der Waals surface area contributed by atoms with Gasteiger partial charge in [-0.2, -0.15) is 4.98 Å². The third-order valence-corrected chi connectivity index (χ3v) is 5.20. The van der Waals surface area contributed by atoms with E-state index in [2.05, 4.69) is 20.6 Å². The molecule has 0 radical (unpaired) electrons. The van der Waals surface area contributed by atoms with Crippen molar-refractivity contribution in [2.75, 3.05) is 38.2 Å². The Balaban J connectivity index is 1.70. The molecule has 0 spiro atoms. The number of hydrogen-bond acceptors (Lipinski definition) is 7. The van der Waals surface area contributed by atoms with Gasteiger partial charge in [0.2, 0.25) is 5.78 Å². The first-order valence-corrected chi connectivity index (χ1v) is 10.0. The Kier molecular flexibility index (Phi) is 6.88. The number of hydrogen-bond donors (Lipinski definition) is 3. The van der Waals surface area contributed by atoms with E-state index in [-0.39, 0.29) is 21.7 Å². The molecular formula is C20H21F2N6O2S+. The average Bonchev–Trinajstić information content (AvgIpc) is 3.08. The van der Waals surface area contributed by atoms with Crippen molar-refractivity contribution in [3.8, 4) is 0 Å². The summed E-state index contributed by atoms with van der Waals surface area (Å²) in [6.07, 6.45) is 1.52. The summed E-state index contributed by atoms with van der Waals surface area (Å²) >= 11 is 0.865. The fourth-order valence-electron chi connectivity index (χ4n) is 2.63. The lowest BCUT2D eigenvalue weighted by Crippen LogP contribution is -2.31. The second-order valence-corrected chi connectivity index (χ2v) is 7.83. The lowest BCUT2D eigenvalue weighted by Gasteiger charge is -2.09. The third-order valence-electron chi connectivity index (χ3n) is 4.21. The minimum Gasteiger partial charge on any atom is -0.382 e. The number of carbonyl (C=O) groups is 2. The molecule has 1 aromatic carbocycles. The summed E-state index contributed by atoms with van der Waals surface area (Å²) in [5, 5.41) is 5.97. The largest absolute Gasteiger partial charge is 0.382 e. The molecule has 0 atom stereocenters. The number of nitrogens with zero attached hydrogens (tertiary/aromatic N) is 2. The van der Waals surface area contributed by atoms with Crippen molar-refractivity contribution in [3.63, 3.8) is 0 Å². The number of ketones is 1. The minimum absolute atomic E-state index is 0.0802. The van der Waals surface area contributed by atoms with Gasteiger partial charge in [-0.3, -0.25) is 9.59 Å². The van der Waals surface area contributed by atoms with E-state index in [4.69, 9.17) is 5.73 Å². The summed E-state index contributed by atoms with van der Waals surface area (Å²) < 4.78 is 27.8. The molecule has 0 bridgehead atoms. The van der Waals surface area contributed by atoms with Crippen LogP contribution in [0.4, 0.5) is 25.5 Å². The molecule has 0 aliphatic rings. The van der Waals surface area contributed by atoms with Crippen molar-refractivity contribution < 1.29 is 23.4 Å². The first-order chi connectivity index (χ1) is 14.8. The van der Waals surface area contributed by atoms with Crippen molar-refractivity contribution in [2.24, 2.45) is 0 Å². The van der Waals surface area contributed by atoms with Gasteiger partial charge in [-0.1, -0.05) is 17.4 Å². The Bertz CT molecular complexity index is 1080. The molecule has 8 nitrogen and oxygen atoms in total. The summed E-state index contributed by atoms with van der Waals surface area (Å²) in [5.41, 5.74) is 5.55. The molecule has 0 fully saturated rings. The van der Waals surface area contributed by atoms with Crippen LogP contribution in [0, 0.1) is 11.6 Å². The zero-order chi connectivity index (χ0) is 22.5. The van der Waals surface area contributed by atoms with Crippen LogP contribution < -0.4 is 21.4 Å². The van der Waals surface area contributed by atoms with Crippen LogP contribution in [0.1, 0.15) is 25.6 Å². The van der Waals surface area contributed by atoms with E-state index in [1.807, 2.05) is 19.0 Å². The molecule has 2 aromatic heterocycles. The zero-order valence-corrected chi connectivity index (χ0v) is 17.6. The van der Waals surface area contributed by atoms with Gasteiger partial charge in [0, 0.05) is 19.2 Å². The van der Waals surface area contributed by atoms with E-state index in [1.165, 1.54) is 12.3 Å². The highest BCUT2D eigenvalue weighted by molar-refractivity contribution is 7.18. The van der Waals surface area contributed by atoms with Crippen LogP contribution in [-0.2, 0) is 0 Å². The lowest BCUT2D eigenvalue weighted by atomic mass is 10.1. The van der Waals surface area contributed by atoms with Crippen LogP contribution >= 0.6 is 11.3 Å². The second-order valence-electron chi connectivity index (χ2n) is 6.83. The predicted octanol–water partition coefficient (Wildman–Crippen LogP) is 2.08. The number of thiazole rings is 1. The van der Waals surface area contributed by atoms with Gasteiger partial charge in [-0.05, 0) is 32.3 Å². The molecule has 3 aromatic rings. The van der Waals surface area contributed by atoms with Gasteiger partial charge in [0.05, 0.1) is 11.1 Å². The van der Waals surface area contributed by atoms with Crippen LogP contribution in [0.25, 0.3) is 0 Å². The van der Waals surface area contributed by atoms with E-state index >= 15 is 0 Å². The Morgan fingerprint density at radius 3 is 2.52 bits per heavy atom. The molecule has 0 unspecified atom stereocenters. The number of nitrogens with two attached hydrogens (primary N) is 1. The standard InChI is InChI=1S/C20H20F2N6O2S/c1-28(2)9-8-24-19(30)11-6-7-14(25-10-11)26-20-27-18(23)17(31-20)16(29)15-12(21)4-3-5-13(15)22/h3-7,10H,8-9,23H2,1-2H3,(H,24,30)(H,25,26,27)/p+1. The van der Waals surface area contributed by atoms with Gasteiger partial charge in [0.15, 0.2) is 5.82 Å². The molecule has 3 rings (SSSR count). The van der Waals surface area contributed by atoms with Crippen LogP contribution in [0.15, 0.2) is 36.5 Å². The maximum absolute atomic E-state index is 13.9. The highest BCUT2D eigenvalue weighted by Gasteiger charge is 2.25. The van der Waals surface area contributed by atoms with Crippen LogP contribution in [-0.4, -0.2) is 48.8 Å². The first kappa shape index (κ1) is 22.2. The Morgan fingerprint density at radius 2 is 1.90 bits per heavy atom. The molecule has 2 heterocycles. The normalized spacial score (nSPS) is 10.9. The predicted molar refractivity (Wildman–Crippen MR) is 113 cm³/mol. The SMILES string of the molecule is CN(C)CCNC(=O)c1ccc(Nc2nc(N)c(C(=O)c3c(F)cccc3F)s2)[nH+]c1. The van der Waals surface area contributed by atoms with Gasteiger partial charge in [-0.25, -0.2) is 19.1 Å². The molecule has 1 amide bonds. The topological polar surface area (TPSA) is 114 Å². The number of rotatable bonds is 8. The van der Waals surface area contributed by atoms with Gasteiger partial charge < -0.3 is 16.0 Å². The Morgan fingerprint density at radius 1 is 1.19 bits per heavy atom. The number of anilines is 3. The number of pyridine rings is 1. The van der Waals surface area contributed by atoms with E-state index in [0.717, 1.165) is 30.0 Å². The Labute approximate surface area is 181 Å². The van der Waals surface area contributed by atoms with Gasteiger partial charge in [0.1, 0.15) is 22.7 Å². The maximum Gasteiger partial charge on any atom is 0.279 e. The Hall–Kier alpha value is -3.44. The zero-order valence-electron chi connectivity index (χ0n) is 16.8. The fourth-order valence-corrected chi connectivity index (χ4v) is 3.47. The van der Waals surface area contributed by atoms with Gasteiger partial charge in [0.25, 0.3) is 16.9 Å². The molecule has 11 heteroatoms. The van der Waals surface area contributed by atoms with Crippen molar-refractivity contribution in [1.82, 2.24) is 15.2 Å². The van der Waals surface area contributed by atoms with Gasteiger partial charge in [-0.15, -0.1) is 0 Å². The summed E-state index contributed by atoms with van der Waals surface area (Å²) in [6, 6.07) is 6.41. The number of nitrogens with one attached hydrogen (secondary N) is 3. The van der Waals surface area contributed by atoms with E-state index < -0.39 is 23.0 Å². The number of amides is 1. The summed E-state index contributed by atoms with van der Waals surface area (Å²) in [7, 11) is 3.83. The molecule has 162 valence electrons. The fraction of sp³-hybridized carbons (Fsp3) is 0.200. The quantitative estimate of drug-likeness (QED) is 0.456. The second kappa shape index (κ2) is 9.58. The molecular weight excluding hydrogens is 426 g/mol. The number of likely N-dealkylation sites (N-methyl/N-ethyl adjacent to an activating group) is 1. The van der Waals surface area contributed by atoms with Crippen molar-refractivity contribution in [1.29, 1.82) is 0 Å². The van der Waals surface area contributed by atoms with E-state index in [9.17, 15) is 18.4 Å².